The van der Waals surface area contributed by atoms with Crippen LogP contribution in [0.5, 0.6) is 0 Å². The number of likely N-dealkylation sites (N-methyl/N-ethyl adjacent to an activating group) is 1. The molecule has 13 heavy (non-hydrogen) atoms. The van der Waals surface area contributed by atoms with Crippen molar-refractivity contribution in [1.29, 1.82) is 0 Å². The van der Waals surface area contributed by atoms with Crippen LogP contribution in [0.4, 0.5) is 0 Å². The van der Waals surface area contributed by atoms with E-state index in [9.17, 15) is 4.79 Å². The summed E-state index contributed by atoms with van der Waals surface area (Å²) in [6.07, 6.45) is 0.954. The van der Waals surface area contributed by atoms with Crippen molar-refractivity contribution in [2.24, 2.45) is 0 Å². The zero-order valence-corrected chi connectivity index (χ0v) is 8.29. The minimum atomic E-state index is -0.405. The number of amides is 1. The van der Waals surface area contributed by atoms with Gasteiger partial charge in [0.1, 0.15) is 6.04 Å². The Labute approximate surface area is 78.9 Å². The van der Waals surface area contributed by atoms with Crippen molar-refractivity contribution < 1.29 is 9.90 Å². The number of hydrogen-bond acceptors (Lipinski definition) is 3. The highest BCUT2D eigenvalue weighted by atomic mass is 16.3. The molecule has 76 valence electrons. The van der Waals surface area contributed by atoms with Crippen molar-refractivity contribution in [3.63, 3.8) is 0 Å². The Balaban J connectivity index is 2.67. The minimum Gasteiger partial charge on any atom is -0.394 e. The smallest absolute Gasteiger partial charge is 0.242 e. The summed E-state index contributed by atoms with van der Waals surface area (Å²) in [6, 6.07) is -0.102. The third-order valence-corrected chi connectivity index (χ3v) is 2.49. The first kappa shape index (κ1) is 10.5. The molecule has 2 unspecified atom stereocenters. The molecule has 1 heterocycles. The van der Waals surface area contributed by atoms with Gasteiger partial charge in [0.2, 0.25) is 5.91 Å². The molecule has 2 N–H and O–H groups in total. The molecule has 2 atom stereocenters. The molecule has 0 aliphatic carbocycles. The van der Waals surface area contributed by atoms with Crippen LogP contribution in [0.15, 0.2) is 0 Å². The first-order valence-corrected chi connectivity index (χ1v) is 4.84. The molecule has 1 aliphatic heterocycles. The van der Waals surface area contributed by atoms with Crippen LogP contribution >= 0.6 is 0 Å². The van der Waals surface area contributed by atoms with E-state index in [1.54, 1.807) is 4.90 Å². The summed E-state index contributed by atoms with van der Waals surface area (Å²) >= 11 is 0. The second-order valence-electron chi connectivity index (χ2n) is 3.51. The van der Waals surface area contributed by atoms with Crippen LogP contribution in [0.3, 0.4) is 0 Å². The molecule has 0 saturated carbocycles. The molecule has 1 amide bonds. The van der Waals surface area contributed by atoms with E-state index in [0.717, 1.165) is 19.5 Å². The maximum atomic E-state index is 11.7. The summed E-state index contributed by atoms with van der Waals surface area (Å²) in [5.41, 5.74) is 0. The largest absolute Gasteiger partial charge is 0.394 e. The van der Waals surface area contributed by atoms with Crippen LogP contribution in [0.2, 0.25) is 0 Å². The van der Waals surface area contributed by atoms with Crippen molar-refractivity contribution in [1.82, 2.24) is 10.2 Å². The van der Waals surface area contributed by atoms with E-state index in [1.807, 2.05) is 13.8 Å². The number of carbonyl (C=O) groups excluding carboxylic acids is 1. The number of rotatable bonds is 2. The zero-order valence-electron chi connectivity index (χ0n) is 8.29. The maximum absolute atomic E-state index is 11.7. The second kappa shape index (κ2) is 4.58. The molecule has 0 bridgehead atoms. The molecule has 0 aromatic rings. The highest BCUT2D eigenvalue weighted by molar-refractivity contribution is 5.82. The number of aliphatic hydroxyl groups excluding tert-OH is 1. The molecule has 1 fully saturated rings. The highest BCUT2D eigenvalue weighted by Crippen LogP contribution is 2.06. The molecular weight excluding hydrogens is 168 g/mol. The number of hydrogen-bond donors (Lipinski definition) is 2. The lowest BCUT2D eigenvalue weighted by molar-refractivity contribution is -0.133. The molecule has 0 aromatic carbocycles. The van der Waals surface area contributed by atoms with Gasteiger partial charge in [-0.3, -0.25) is 4.79 Å². The van der Waals surface area contributed by atoms with Crippen LogP contribution in [0, 0.1) is 0 Å². The molecule has 0 spiro atoms. The number of carbonyl (C=O) groups is 1. The average molecular weight is 186 g/mol. The molecular formula is C9H18N2O2. The number of nitrogens with zero attached hydrogens (tertiary/aromatic N) is 1. The summed E-state index contributed by atoms with van der Waals surface area (Å²) < 4.78 is 0. The van der Waals surface area contributed by atoms with E-state index >= 15 is 0 Å². The van der Waals surface area contributed by atoms with Crippen molar-refractivity contribution in [2.75, 3.05) is 19.7 Å². The fourth-order valence-electron chi connectivity index (χ4n) is 1.62. The summed E-state index contributed by atoms with van der Waals surface area (Å²) in [5.74, 6) is 0.0225. The van der Waals surface area contributed by atoms with Gasteiger partial charge in [-0.05, 0) is 20.3 Å². The van der Waals surface area contributed by atoms with Gasteiger partial charge in [-0.2, -0.15) is 0 Å². The highest BCUT2D eigenvalue weighted by Gasteiger charge is 2.27. The standard InChI is InChI=1S/C9H18N2O2/c1-3-11-5-4-7(2)10-8(6-12)9(11)13/h7-8,10,12H,3-6H2,1-2H3. The van der Waals surface area contributed by atoms with Gasteiger partial charge in [0, 0.05) is 19.1 Å². The van der Waals surface area contributed by atoms with Crippen molar-refractivity contribution in [2.45, 2.75) is 32.4 Å². The van der Waals surface area contributed by atoms with Crippen molar-refractivity contribution in [3.8, 4) is 0 Å². The van der Waals surface area contributed by atoms with Gasteiger partial charge in [-0.25, -0.2) is 0 Å². The van der Waals surface area contributed by atoms with E-state index < -0.39 is 6.04 Å². The topological polar surface area (TPSA) is 52.6 Å². The molecule has 0 radical (unpaired) electrons. The van der Waals surface area contributed by atoms with Crippen molar-refractivity contribution >= 4 is 5.91 Å². The second-order valence-corrected chi connectivity index (χ2v) is 3.51. The van der Waals surface area contributed by atoms with Crippen LogP contribution in [-0.2, 0) is 4.79 Å². The van der Waals surface area contributed by atoms with E-state index in [4.69, 9.17) is 5.11 Å². The van der Waals surface area contributed by atoms with Gasteiger partial charge in [-0.15, -0.1) is 0 Å². The zero-order chi connectivity index (χ0) is 9.84. The predicted octanol–water partition coefficient (Wildman–Crippen LogP) is -0.422. The van der Waals surface area contributed by atoms with Gasteiger partial charge in [-0.1, -0.05) is 0 Å². The fourth-order valence-corrected chi connectivity index (χ4v) is 1.62. The molecule has 4 nitrogen and oxygen atoms in total. The Bertz CT molecular complexity index is 184. The van der Waals surface area contributed by atoms with Crippen LogP contribution in [0.1, 0.15) is 20.3 Å². The summed E-state index contributed by atoms with van der Waals surface area (Å²) in [5, 5.41) is 12.1. The third kappa shape index (κ3) is 2.42. The third-order valence-electron chi connectivity index (χ3n) is 2.49. The van der Waals surface area contributed by atoms with Crippen LogP contribution in [0.25, 0.3) is 0 Å². The SMILES string of the molecule is CCN1CCC(C)NC(CO)C1=O. The fraction of sp³-hybridized carbons (Fsp3) is 0.889. The predicted molar refractivity (Wildman–Crippen MR) is 50.3 cm³/mol. The monoisotopic (exact) mass is 186 g/mol. The normalized spacial score (nSPS) is 30.4. The first-order chi connectivity index (χ1) is 6.19. The van der Waals surface area contributed by atoms with Crippen LogP contribution in [-0.4, -0.2) is 47.7 Å². The van der Waals surface area contributed by atoms with Gasteiger partial charge in [0.05, 0.1) is 6.61 Å². The van der Waals surface area contributed by atoms with Gasteiger partial charge in [0.25, 0.3) is 0 Å². The summed E-state index contributed by atoms with van der Waals surface area (Å²) in [6.45, 7) is 5.40. The Morgan fingerprint density at radius 1 is 1.69 bits per heavy atom. The Hall–Kier alpha value is -0.610. The molecule has 4 heteroatoms. The van der Waals surface area contributed by atoms with Gasteiger partial charge in [0.15, 0.2) is 0 Å². The maximum Gasteiger partial charge on any atom is 0.242 e. The Kier molecular flexibility index (Phi) is 3.69. The first-order valence-electron chi connectivity index (χ1n) is 4.84. The Morgan fingerprint density at radius 2 is 2.38 bits per heavy atom. The van der Waals surface area contributed by atoms with E-state index in [2.05, 4.69) is 5.32 Å². The van der Waals surface area contributed by atoms with E-state index in [-0.39, 0.29) is 12.5 Å². The molecule has 1 rings (SSSR count). The molecule has 0 aromatic heterocycles. The lowest BCUT2D eigenvalue weighted by atomic mass is 10.2. The summed E-state index contributed by atoms with van der Waals surface area (Å²) in [7, 11) is 0. The quantitative estimate of drug-likeness (QED) is 0.615. The summed E-state index contributed by atoms with van der Waals surface area (Å²) in [4.78, 5) is 13.4. The Morgan fingerprint density at radius 3 is 2.92 bits per heavy atom. The van der Waals surface area contributed by atoms with E-state index in [0.29, 0.717) is 6.04 Å². The van der Waals surface area contributed by atoms with Gasteiger partial charge < -0.3 is 15.3 Å². The average Bonchev–Trinajstić information content (AvgIpc) is 2.26. The number of nitrogens with one attached hydrogen (secondary N) is 1. The number of aliphatic hydroxyl groups is 1. The minimum absolute atomic E-state index is 0.0225. The van der Waals surface area contributed by atoms with E-state index in [1.165, 1.54) is 0 Å². The van der Waals surface area contributed by atoms with Crippen molar-refractivity contribution in [3.05, 3.63) is 0 Å². The molecule has 1 aliphatic rings. The van der Waals surface area contributed by atoms with Gasteiger partial charge >= 0.3 is 0 Å². The lowest BCUT2D eigenvalue weighted by Crippen LogP contribution is -2.47. The van der Waals surface area contributed by atoms with Crippen LogP contribution < -0.4 is 5.32 Å². The lowest BCUT2D eigenvalue weighted by Gasteiger charge is -2.21. The molecule has 1 saturated heterocycles.